The first-order valence-electron chi connectivity index (χ1n) is 17.2. The lowest BCUT2D eigenvalue weighted by Gasteiger charge is -2.46. The van der Waals surface area contributed by atoms with Crippen LogP contribution in [0.15, 0.2) is 72.4 Å². The Morgan fingerprint density at radius 2 is 1.84 bits per heavy atom. The lowest BCUT2D eigenvalue weighted by Crippen LogP contribution is -2.59. The van der Waals surface area contributed by atoms with E-state index >= 15 is 0 Å². The molecule has 0 spiro atoms. The zero-order chi connectivity index (χ0) is 34.1. The standard InChI is InChI=1S/C38H44N8O3/c1-26-20-27(11-12-33(26)49-31-9-5-4-6-10-31)35-34-32(13-14-41-36(34)40)46(42-35)29-8-7-15-44(23-29)37(47)28(22-39)21-38(2,3)45-18-16-43(17-19-45)30-24-48-25-30/h4-6,9-14,20-21,29-30H,7-8,15-19,23-25H2,1-3H3,(H2,40,41)/t29-/m1/s1. The predicted molar refractivity (Wildman–Crippen MR) is 189 cm³/mol. The summed E-state index contributed by atoms with van der Waals surface area (Å²) in [5, 5.41) is 16.1. The zero-order valence-electron chi connectivity index (χ0n) is 28.5. The van der Waals surface area contributed by atoms with Gasteiger partial charge in [0.25, 0.3) is 5.91 Å². The molecule has 7 rings (SSSR count). The molecule has 49 heavy (non-hydrogen) atoms. The highest BCUT2D eigenvalue weighted by atomic mass is 16.5. The van der Waals surface area contributed by atoms with Crippen LogP contribution in [0.25, 0.3) is 22.2 Å². The zero-order valence-corrected chi connectivity index (χ0v) is 28.5. The van der Waals surface area contributed by atoms with Crippen LogP contribution in [0.2, 0.25) is 0 Å². The summed E-state index contributed by atoms with van der Waals surface area (Å²) in [7, 11) is 0. The Morgan fingerprint density at radius 1 is 1.06 bits per heavy atom. The number of anilines is 1. The van der Waals surface area contributed by atoms with Gasteiger partial charge in [0.15, 0.2) is 0 Å². The second-order valence-corrected chi connectivity index (χ2v) is 13.9. The lowest BCUT2D eigenvalue weighted by molar-refractivity contribution is -0.128. The van der Waals surface area contributed by atoms with Gasteiger partial charge < -0.3 is 20.1 Å². The predicted octanol–water partition coefficient (Wildman–Crippen LogP) is 5.19. The summed E-state index contributed by atoms with van der Waals surface area (Å²) in [6, 6.07) is 20.3. The number of para-hydroxylation sites is 1. The molecule has 1 amide bonds. The number of hydrogen-bond acceptors (Lipinski definition) is 9. The van der Waals surface area contributed by atoms with E-state index in [1.807, 2.05) is 71.1 Å². The maximum atomic E-state index is 13.9. The van der Waals surface area contributed by atoms with Crippen LogP contribution in [0.4, 0.5) is 5.82 Å². The Balaban J connectivity index is 1.11. The SMILES string of the molecule is Cc1cc(-c2nn([C@@H]3CCCN(C(=O)C(C#N)=CC(C)(C)N4CCN(C5COC5)CC4)C3)c3ccnc(N)c23)ccc1Oc1ccccc1. The second kappa shape index (κ2) is 13.6. The molecule has 11 heteroatoms. The van der Waals surface area contributed by atoms with E-state index < -0.39 is 5.54 Å². The topological polar surface area (TPSA) is 126 Å². The molecule has 0 bridgehead atoms. The number of pyridine rings is 1. The monoisotopic (exact) mass is 660 g/mol. The first kappa shape index (κ1) is 32.8. The smallest absolute Gasteiger partial charge is 0.264 e. The number of ether oxygens (including phenoxy) is 2. The molecule has 3 aliphatic heterocycles. The Labute approximate surface area is 287 Å². The number of rotatable bonds is 8. The average molecular weight is 661 g/mol. The van der Waals surface area contributed by atoms with Crippen molar-refractivity contribution in [2.45, 2.75) is 51.2 Å². The van der Waals surface area contributed by atoms with Crippen molar-refractivity contribution in [3.05, 3.63) is 78.0 Å². The largest absolute Gasteiger partial charge is 0.457 e. The number of hydrogen-bond donors (Lipinski definition) is 1. The molecule has 2 aromatic carbocycles. The number of aryl methyl sites for hydroxylation is 1. The molecular weight excluding hydrogens is 616 g/mol. The summed E-state index contributed by atoms with van der Waals surface area (Å²) >= 11 is 0. The summed E-state index contributed by atoms with van der Waals surface area (Å²) in [4.78, 5) is 25.0. The van der Waals surface area contributed by atoms with E-state index in [1.165, 1.54) is 0 Å². The Bertz CT molecular complexity index is 1900. The third-order valence-corrected chi connectivity index (χ3v) is 10.2. The van der Waals surface area contributed by atoms with Crippen molar-refractivity contribution in [1.82, 2.24) is 29.5 Å². The van der Waals surface area contributed by atoms with Crippen LogP contribution < -0.4 is 10.5 Å². The number of nitrogens with two attached hydrogens (primary N) is 1. The van der Waals surface area contributed by atoms with Crippen LogP contribution in [0.1, 0.15) is 38.3 Å². The van der Waals surface area contributed by atoms with Gasteiger partial charge in [0.2, 0.25) is 0 Å². The molecule has 0 saturated carbocycles. The Morgan fingerprint density at radius 3 is 2.53 bits per heavy atom. The van der Waals surface area contributed by atoms with Crippen molar-refractivity contribution in [2.75, 3.05) is 58.2 Å². The molecule has 11 nitrogen and oxygen atoms in total. The number of nitrogen functional groups attached to an aromatic ring is 1. The van der Waals surface area contributed by atoms with E-state index in [0.29, 0.717) is 24.9 Å². The number of carbonyl (C=O) groups is 1. The second-order valence-electron chi connectivity index (χ2n) is 13.9. The van der Waals surface area contributed by atoms with Crippen molar-refractivity contribution in [3.63, 3.8) is 0 Å². The minimum absolute atomic E-state index is 0.0888. The third kappa shape index (κ3) is 6.64. The summed E-state index contributed by atoms with van der Waals surface area (Å²) in [5.41, 5.74) is 9.72. The van der Waals surface area contributed by atoms with E-state index in [2.05, 4.69) is 40.8 Å². The van der Waals surface area contributed by atoms with Gasteiger partial charge in [0.1, 0.15) is 34.7 Å². The molecule has 0 unspecified atom stereocenters. The van der Waals surface area contributed by atoms with E-state index in [-0.39, 0.29) is 17.5 Å². The summed E-state index contributed by atoms with van der Waals surface area (Å²) in [6.45, 7) is 12.5. The highest BCUT2D eigenvalue weighted by Gasteiger charge is 2.35. The van der Waals surface area contributed by atoms with Gasteiger partial charge in [-0.3, -0.25) is 19.3 Å². The van der Waals surface area contributed by atoms with Gasteiger partial charge in [-0.2, -0.15) is 10.4 Å². The summed E-state index contributed by atoms with van der Waals surface area (Å²) < 4.78 is 13.5. The van der Waals surface area contributed by atoms with Gasteiger partial charge in [-0.15, -0.1) is 0 Å². The highest BCUT2D eigenvalue weighted by molar-refractivity contribution is 6.00. The van der Waals surface area contributed by atoms with E-state index in [4.69, 9.17) is 20.3 Å². The molecule has 2 N–H and O–H groups in total. The molecule has 5 heterocycles. The quantitative estimate of drug-likeness (QED) is 0.201. The fourth-order valence-corrected chi connectivity index (χ4v) is 7.31. The number of piperazine rings is 1. The van der Waals surface area contributed by atoms with Crippen LogP contribution in [-0.4, -0.2) is 99.4 Å². The first-order chi connectivity index (χ1) is 23.7. The number of amides is 1. The number of likely N-dealkylation sites (tertiary alicyclic amines) is 1. The number of piperidine rings is 1. The van der Waals surface area contributed by atoms with Gasteiger partial charge in [0, 0.05) is 56.6 Å². The minimum Gasteiger partial charge on any atom is -0.457 e. The van der Waals surface area contributed by atoms with Crippen molar-refractivity contribution in [2.24, 2.45) is 0 Å². The summed E-state index contributed by atoms with van der Waals surface area (Å²) in [5.74, 6) is 1.71. The third-order valence-electron chi connectivity index (χ3n) is 10.2. The maximum Gasteiger partial charge on any atom is 0.264 e. The average Bonchev–Trinajstić information content (AvgIpc) is 3.49. The van der Waals surface area contributed by atoms with Crippen molar-refractivity contribution >= 4 is 22.6 Å². The number of nitriles is 1. The molecule has 3 saturated heterocycles. The Kier molecular flexibility index (Phi) is 9.11. The molecule has 3 aliphatic rings. The Hall–Kier alpha value is -4.76. The van der Waals surface area contributed by atoms with Gasteiger partial charge >= 0.3 is 0 Å². The van der Waals surface area contributed by atoms with Crippen LogP contribution in [0.5, 0.6) is 11.5 Å². The number of carbonyl (C=O) groups excluding carboxylic acids is 1. The van der Waals surface area contributed by atoms with Crippen LogP contribution >= 0.6 is 0 Å². The number of aromatic nitrogens is 3. The minimum atomic E-state index is -0.435. The van der Waals surface area contributed by atoms with Gasteiger partial charge in [-0.1, -0.05) is 18.2 Å². The molecule has 1 atom stereocenters. The normalized spacial score (nSPS) is 19.8. The lowest BCUT2D eigenvalue weighted by atomic mass is 9.96. The highest BCUT2D eigenvalue weighted by Crippen LogP contribution is 2.37. The first-order valence-corrected chi connectivity index (χ1v) is 17.2. The van der Waals surface area contributed by atoms with Crippen LogP contribution in [0.3, 0.4) is 0 Å². The van der Waals surface area contributed by atoms with Gasteiger partial charge in [-0.25, -0.2) is 4.98 Å². The molecular formula is C38H44N8O3. The van der Waals surface area contributed by atoms with Crippen molar-refractivity contribution in [3.8, 4) is 28.8 Å². The van der Waals surface area contributed by atoms with E-state index in [0.717, 1.165) is 91.5 Å². The maximum absolute atomic E-state index is 13.9. The van der Waals surface area contributed by atoms with Gasteiger partial charge in [0.05, 0.1) is 36.2 Å². The van der Waals surface area contributed by atoms with Crippen LogP contribution in [0, 0.1) is 18.3 Å². The molecule has 254 valence electrons. The molecule has 4 aromatic rings. The van der Waals surface area contributed by atoms with Gasteiger partial charge in [-0.05, 0) is 81.7 Å². The van der Waals surface area contributed by atoms with E-state index in [9.17, 15) is 10.1 Å². The fraction of sp³-hybridized carbons (Fsp3) is 0.421. The number of nitrogens with zero attached hydrogens (tertiary/aromatic N) is 7. The summed E-state index contributed by atoms with van der Waals surface area (Å²) in [6.07, 6.45) is 5.21. The number of benzene rings is 2. The fourth-order valence-electron chi connectivity index (χ4n) is 7.31. The van der Waals surface area contributed by atoms with Crippen LogP contribution in [-0.2, 0) is 9.53 Å². The van der Waals surface area contributed by atoms with Crippen molar-refractivity contribution in [1.29, 1.82) is 5.26 Å². The molecule has 0 radical (unpaired) electrons. The van der Waals surface area contributed by atoms with E-state index in [1.54, 1.807) is 6.20 Å². The van der Waals surface area contributed by atoms with Crippen molar-refractivity contribution < 1.29 is 14.3 Å². The molecule has 0 aliphatic carbocycles. The molecule has 2 aromatic heterocycles. The molecule has 3 fully saturated rings. The number of fused-ring (bicyclic) bond motifs is 1.